The number of nitrogens with zero attached hydrogens (tertiary/aromatic N) is 3. The number of thiazole rings is 1. The van der Waals surface area contributed by atoms with Gasteiger partial charge in [0.1, 0.15) is 33.6 Å². The summed E-state index contributed by atoms with van der Waals surface area (Å²) in [4.78, 5) is 14.0. The number of nitrogens with two attached hydrogens (primary N) is 1. The number of amidine groups is 1. The fourth-order valence-electron chi connectivity index (χ4n) is 2.42. The van der Waals surface area contributed by atoms with Gasteiger partial charge in [-0.2, -0.15) is 0 Å². The maximum Gasteiger partial charge on any atom is 0.242 e. The van der Waals surface area contributed by atoms with Crippen molar-refractivity contribution in [1.29, 1.82) is 0 Å². The van der Waals surface area contributed by atoms with Gasteiger partial charge in [-0.1, -0.05) is 35.5 Å². The summed E-state index contributed by atoms with van der Waals surface area (Å²) in [5.74, 6) is 0.0381. The Morgan fingerprint density at radius 3 is 2.59 bits per heavy atom. The minimum atomic E-state index is -3.79. The van der Waals surface area contributed by atoms with E-state index < -0.39 is 10.0 Å². The SMILES string of the molecule is CCO/N=C(\N)c1ccc(S(=O)(=O)NC)c(-c2nc(-c3ccccc3)sc2Br)n1. The van der Waals surface area contributed by atoms with E-state index in [1.54, 1.807) is 6.92 Å². The number of pyridine rings is 1. The van der Waals surface area contributed by atoms with Gasteiger partial charge in [0.2, 0.25) is 10.0 Å². The Labute approximate surface area is 181 Å². The highest BCUT2D eigenvalue weighted by molar-refractivity contribution is 9.11. The zero-order valence-corrected chi connectivity index (χ0v) is 18.8. The van der Waals surface area contributed by atoms with Crippen LogP contribution in [0, 0.1) is 0 Å². The molecular weight excluding hydrogens is 478 g/mol. The lowest BCUT2D eigenvalue weighted by Gasteiger charge is -2.10. The minimum absolute atomic E-state index is 0.0152. The average Bonchev–Trinajstić information content (AvgIpc) is 3.13. The first-order chi connectivity index (χ1) is 13.9. The van der Waals surface area contributed by atoms with E-state index in [2.05, 4.69) is 35.8 Å². The van der Waals surface area contributed by atoms with Gasteiger partial charge in [-0.25, -0.2) is 23.1 Å². The van der Waals surface area contributed by atoms with Crippen LogP contribution in [-0.4, -0.2) is 37.9 Å². The molecule has 2 aromatic heterocycles. The van der Waals surface area contributed by atoms with Gasteiger partial charge in [0.15, 0.2) is 5.84 Å². The summed E-state index contributed by atoms with van der Waals surface area (Å²) in [5.41, 5.74) is 7.68. The Hall–Kier alpha value is -2.34. The molecule has 0 aliphatic carbocycles. The molecule has 0 aliphatic rings. The predicted molar refractivity (Wildman–Crippen MR) is 117 cm³/mol. The van der Waals surface area contributed by atoms with Gasteiger partial charge in [-0.05, 0) is 42.0 Å². The van der Waals surface area contributed by atoms with E-state index in [0.29, 0.717) is 16.1 Å². The molecule has 0 atom stereocenters. The van der Waals surface area contributed by atoms with Crippen molar-refractivity contribution in [2.75, 3.05) is 13.7 Å². The summed E-state index contributed by atoms with van der Waals surface area (Å²) in [6.45, 7) is 2.12. The molecule has 0 spiro atoms. The summed E-state index contributed by atoms with van der Waals surface area (Å²) in [5, 5.41) is 4.50. The highest BCUT2D eigenvalue weighted by atomic mass is 79.9. The molecule has 29 heavy (non-hydrogen) atoms. The van der Waals surface area contributed by atoms with Crippen LogP contribution in [0.2, 0.25) is 0 Å². The number of oxime groups is 1. The number of nitrogens with one attached hydrogen (secondary N) is 1. The van der Waals surface area contributed by atoms with Crippen LogP contribution in [0.4, 0.5) is 0 Å². The first kappa shape index (κ1) is 21.4. The third kappa shape index (κ3) is 4.64. The molecule has 0 aliphatic heterocycles. The molecule has 0 unspecified atom stereocenters. The Morgan fingerprint density at radius 2 is 1.93 bits per heavy atom. The Bertz CT molecular complexity index is 1150. The van der Waals surface area contributed by atoms with E-state index in [-0.39, 0.29) is 22.1 Å². The summed E-state index contributed by atoms with van der Waals surface area (Å²) < 4.78 is 28.1. The zero-order valence-electron chi connectivity index (χ0n) is 15.6. The molecule has 1 aromatic carbocycles. The van der Waals surface area contributed by atoms with Crippen molar-refractivity contribution in [3.05, 3.63) is 51.9 Å². The number of benzene rings is 1. The Kier molecular flexibility index (Phi) is 6.63. The van der Waals surface area contributed by atoms with Gasteiger partial charge >= 0.3 is 0 Å². The number of halogens is 1. The van der Waals surface area contributed by atoms with Crippen molar-refractivity contribution in [1.82, 2.24) is 14.7 Å². The fourth-order valence-corrected chi connectivity index (χ4v) is 4.82. The van der Waals surface area contributed by atoms with Gasteiger partial charge in [0.05, 0.1) is 3.79 Å². The minimum Gasteiger partial charge on any atom is -0.394 e. The van der Waals surface area contributed by atoms with E-state index in [4.69, 9.17) is 10.6 Å². The number of rotatable bonds is 7. The Morgan fingerprint density at radius 1 is 1.21 bits per heavy atom. The molecule has 8 nitrogen and oxygen atoms in total. The second-order valence-corrected chi connectivity index (χ2v) is 9.82. The van der Waals surface area contributed by atoms with Gasteiger partial charge in [0, 0.05) is 5.56 Å². The molecular formula is C18H18BrN5O3S2. The average molecular weight is 496 g/mol. The predicted octanol–water partition coefficient (Wildman–Crippen LogP) is 3.20. The van der Waals surface area contributed by atoms with Crippen LogP contribution in [-0.2, 0) is 14.9 Å². The number of aromatic nitrogens is 2. The van der Waals surface area contributed by atoms with Crippen LogP contribution in [0.5, 0.6) is 0 Å². The van der Waals surface area contributed by atoms with Crippen LogP contribution in [0.25, 0.3) is 22.0 Å². The van der Waals surface area contributed by atoms with Crippen molar-refractivity contribution in [2.45, 2.75) is 11.8 Å². The van der Waals surface area contributed by atoms with E-state index >= 15 is 0 Å². The molecule has 0 radical (unpaired) electrons. The fraction of sp³-hybridized carbons (Fsp3) is 0.167. The highest BCUT2D eigenvalue weighted by Gasteiger charge is 2.25. The Balaban J connectivity index is 2.20. The molecule has 3 N–H and O–H groups in total. The van der Waals surface area contributed by atoms with Gasteiger partial charge in [-0.15, -0.1) is 11.3 Å². The van der Waals surface area contributed by atoms with Crippen molar-refractivity contribution in [3.63, 3.8) is 0 Å². The molecule has 0 saturated heterocycles. The van der Waals surface area contributed by atoms with Crippen molar-refractivity contribution in [3.8, 4) is 22.0 Å². The highest BCUT2D eigenvalue weighted by Crippen LogP contribution is 2.39. The molecule has 2 heterocycles. The summed E-state index contributed by atoms with van der Waals surface area (Å²) in [7, 11) is -2.45. The second kappa shape index (κ2) is 8.99. The summed E-state index contributed by atoms with van der Waals surface area (Å²) >= 11 is 4.87. The molecule has 0 bridgehead atoms. The molecule has 3 rings (SSSR count). The smallest absolute Gasteiger partial charge is 0.242 e. The lowest BCUT2D eigenvalue weighted by Crippen LogP contribution is -2.22. The summed E-state index contributed by atoms with van der Waals surface area (Å²) in [6, 6.07) is 12.5. The van der Waals surface area contributed by atoms with Crippen LogP contribution in [0.3, 0.4) is 0 Å². The van der Waals surface area contributed by atoms with Crippen molar-refractivity contribution >= 4 is 43.1 Å². The van der Waals surface area contributed by atoms with Crippen LogP contribution < -0.4 is 10.5 Å². The molecule has 3 aromatic rings. The van der Waals surface area contributed by atoms with E-state index in [0.717, 1.165) is 10.6 Å². The maximum atomic E-state index is 12.6. The molecule has 0 amide bonds. The first-order valence-corrected chi connectivity index (χ1v) is 11.6. The molecule has 152 valence electrons. The number of sulfonamides is 1. The van der Waals surface area contributed by atoms with Crippen molar-refractivity contribution < 1.29 is 13.3 Å². The van der Waals surface area contributed by atoms with Crippen molar-refractivity contribution in [2.24, 2.45) is 10.9 Å². The van der Waals surface area contributed by atoms with E-state index in [9.17, 15) is 8.42 Å². The van der Waals surface area contributed by atoms with Gasteiger partial charge in [0.25, 0.3) is 0 Å². The first-order valence-electron chi connectivity index (χ1n) is 8.50. The standard InChI is InChI=1S/C18H18BrN5O3S2/c1-3-27-24-17(20)12-9-10-13(29(25,26)21-2)14(22-12)15-16(19)28-18(23-15)11-7-5-4-6-8-11/h4-10,21H,3H2,1-2H3,(H2,20,24). The summed E-state index contributed by atoms with van der Waals surface area (Å²) in [6.07, 6.45) is 0. The van der Waals surface area contributed by atoms with Gasteiger partial charge in [-0.3, -0.25) is 0 Å². The lowest BCUT2D eigenvalue weighted by molar-refractivity contribution is 0.158. The third-order valence-electron chi connectivity index (χ3n) is 3.80. The van der Waals surface area contributed by atoms with E-state index in [1.807, 2.05) is 30.3 Å². The molecule has 11 heteroatoms. The van der Waals surface area contributed by atoms with Crippen LogP contribution >= 0.6 is 27.3 Å². The van der Waals surface area contributed by atoms with E-state index in [1.165, 1.54) is 30.5 Å². The third-order valence-corrected chi connectivity index (χ3v) is 7.00. The maximum absolute atomic E-state index is 12.6. The van der Waals surface area contributed by atoms with Crippen LogP contribution in [0.1, 0.15) is 12.6 Å². The quantitative estimate of drug-likeness (QED) is 0.295. The molecule has 0 saturated carbocycles. The zero-order chi connectivity index (χ0) is 21.0. The molecule has 0 fully saturated rings. The number of hydrogen-bond acceptors (Lipinski definition) is 7. The van der Waals surface area contributed by atoms with Gasteiger partial charge < -0.3 is 10.6 Å². The largest absolute Gasteiger partial charge is 0.394 e. The van der Waals surface area contributed by atoms with Crippen LogP contribution in [0.15, 0.2) is 56.3 Å². The monoisotopic (exact) mass is 495 g/mol. The second-order valence-electron chi connectivity index (χ2n) is 5.65. The number of hydrogen-bond donors (Lipinski definition) is 2. The lowest BCUT2D eigenvalue weighted by atomic mass is 10.2. The normalized spacial score (nSPS) is 12.2. The topological polar surface area (TPSA) is 120 Å².